The lowest BCUT2D eigenvalue weighted by Gasteiger charge is -2.16. The summed E-state index contributed by atoms with van der Waals surface area (Å²) in [7, 11) is 0. The summed E-state index contributed by atoms with van der Waals surface area (Å²) in [5.74, 6) is 0. The van der Waals surface area contributed by atoms with Crippen LogP contribution in [0.15, 0.2) is 25.4 Å². The number of aromatic amines is 1. The Morgan fingerprint density at radius 1 is 1.59 bits per heavy atom. The van der Waals surface area contributed by atoms with Gasteiger partial charge in [-0.2, -0.15) is 0 Å². The number of aryl methyl sites for hydroxylation is 1. The highest BCUT2D eigenvalue weighted by atomic mass is 127. The largest absolute Gasteiger partial charge is 0.393 e. The molecule has 1 aromatic rings. The van der Waals surface area contributed by atoms with E-state index in [0.717, 1.165) is 3.58 Å². The summed E-state index contributed by atoms with van der Waals surface area (Å²) in [5.41, 5.74) is -0.487. The number of halogens is 1. The second-order valence-corrected chi connectivity index (χ2v) is 4.99. The van der Waals surface area contributed by atoms with Crippen molar-refractivity contribution in [2.24, 2.45) is 0 Å². The molecule has 17 heavy (non-hydrogen) atoms. The predicted octanol–water partition coefficient (Wildman–Crippen LogP) is 0.0536. The molecule has 2 atom stereocenters. The highest BCUT2D eigenvalue weighted by Crippen LogP contribution is 2.32. The van der Waals surface area contributed by atoms with Gasteiger partial charge in [0.15, 0.2) is 6.23 Å². The van der Waals surface area contributed by atoms with Crippen molar-refractivity contribution in [3.8, 4) is 0 Å². The normalized spacial score (nSPS) is 23.8. The molecule has 0 saturated carbocycles. The standard InChI is InChI=1S/C10H11IN2O4/c1-5-3-13(10(16)12-8(5)15)9-7(11)2-6(4-14)17-9/h2-3,6,9,14H,4H2,1H3,(H,12,15,16)/t6-,9+/m0/s1. The molecule has 1 aliphatic rings. The molecule has 0 radical (unpaired) electrons. The van der Waals surface area contributed by atoms with Crippen molar-refractivity contribution in [1.29, 1.82) is 0 Å². The SMILES string of the molecule is Cc1cn([C@@H]2O[C@H](CO)C=C2I)c(=O)[nH]c1=O. The molecular formula is C10H11IN2O4. The van der Waals surface area contributed by atoms with Crippen molar-refractivity contribution in [3.05, 3.63) is 42.3 Å². The lowest BCUT2D eigenvalue weighted by atomic mass is 10.3. The molecule has 1 aromatic heterocycles. The summed E-state index contributed by atoms with van der Waals surface area (Å²) >= 11 is 2.05. The Balaban J connectivity index is 2.43. The molecule has 0 bridgehead atoms. The van der Waals surface area contributed by atoms with Gasteiger partial charge in [-0.15, -0.1) is 0 Å². The Morgan fingerprint density at radius 2 is 2.29 bits per heavy atom. The molecule has 7 heteroatoms. The molecule has 2 N–H and O–H groups in total. The van der Waals surface area contributed by atoms with Crippen LogP contribution in [0.2, 0.25) is 0 Å². The molecule has 0 amide bonds. The summed E-state index contributed by atoms with van der Waals surface area (Å²) in [6.45, 7) is 1.48. The maximum absolute atomic E-state index is 11.7. The molecule has 0 aliphatic carbocycles. The van der Waals surface area contributed by atoms with E-state index in [9.17, 15) is 9.59 Å². The molecule has 0 unspecified atom stereocenters. The number of rotatable bonds is 2. The van der Waals surface area contributed by atoms with Gasteiger partial charge in [-0.25, -0.2) is 4.79 Å². The molecule has 2 rings (SSSR count). The van der Waals surface area contributed by atoms with E-state index in [1.807, 2.05) is 22.6 Å². The van der Waals surface area contributed by atoms with Crippen molar-refractivity contribution in [3.63, 3.8) is 0 Å². The number of aliphatic hydroxyl groups excluding tert-OH is 1. The summed E-state index contributed by atoms with van der Waals surface area (Å²) in [6, 6.07) is 0. The van der Waals surface area contributed by atoms with E-state index in [4.69, 9.17) is 9.84 Å². The van der Waals surface area contributed by atoms with Crippen LogP contribution in [-0.2, 0) is 4.74 Å². The monoisotopic (exact) mass is 350 g/mol. The highest BCUT2D eigenvalue weighted by Gasteiger charge is 2.27. The average Bonchev–Trinajstić information content (AvgIpc) is 2.65. The first-order chi connectivity index (χ1) is 8.02. The number of aliphatic hydroxyl groups is 1. The molecule has 92 valence electrons. The van der Waals surface area contributed by atoms with Crippen molar-refractivity contribution in [2.45, 2.75) is 19.3 Å². The Morgan fingerprint density at radius 3 is 2.88 bits per heavy atom. The molecule has 0 aromatic carbocycles. The average molecular weight is 350 g/mol. The lowest BCUT2D eigenvalue weighted by molar-refractivity contribution is -0.0110. The molecule has 6 nitrogen and oxygen atoms in total. The van der Waals surface area contributed by atoms with Gasteiger partial charge in [-0.1, -0.05) is 0 Å². The quantitative estimate of drug-likeness (QED) is 0.739. The number of hydrogen-bond donors (Lipinski definition) is 2. The van der Waals surface area contributed by atoms with E-state index >= 15 is 0 Å². The zero-order valence-electron chi connectivity index (χ0n) is 9.01. The predicted molar refractivity (Wildman–Crippen MR) is 69.2 cm³/mol. The van der Waals surface area contributed by atoms with E-state index in [0.29, 0.717) is 5.56 Å². The zero-order valence-corrected chi connectivity index (χ0v) is 11.2. The van der Waals surface area contributed by atoms with Crippen LogP contribution >= 0.6 is 22.6 Å². The van der Waals surface area contributed by atoms with Gasteiger partial charge >= 0.3 is 5.69 Å². The smallest absolute Gasteiger partial charge is 0.330 e. The topological polar surface area (TPSA) is 84.3 Å². The minimum absolute atomic E-state index is 0.139. The maximum Gasteiger partial charge on any atom is 0.330 e. The molecule has 1 aliphatic heterocycles. The fourth-order valence-electron chi connectivity index (χ4n) is 1.58. The Kier molecular flexibility index (Phi) is 3.50. The van der Waals surface area contributed by atoms with Gasteiger partial charge in [0.2, 0.25) is 0 Å². The summed E-state index contributed by atoms with van der Waals surface area (Å²) < 4.78 is 7.59. The van der Waals surface area contributed by atoms with Gasteiger partial charge in [0.05, 0.1) is 6.61 Å². The van der Waals surface area contributed by atoms with E-state index in [1.165, 1.54) is 10.8 Å². The molecule has 0 saturated heterocycles. The van der Waals surface area contributed by atoms with Crippen molar-refractivity contribution < 1.29 is 9.84 Å². The first-order valence-electron chi connectivity index (χ1n) is 4.98. The van der Waals surface area contributed by atoms with Crippen molar-refractivity contribution >= 4 is 22.6 Å². The van der Waals surface area contributed by atoms with Crippen LogP contribution in [0.5, 0.6) is 0 Å². The van der Waals surface area contributed by atoms with E-state index in [1.54, 1.807) is 13.0 Å². The number of nitrogens with one attached hydrogen (secondary N) is 1. The van der Waals surface area contributed by atoms with Gasteiger partial charge in [0, 0.05) is 15.3 Å². The third kappa shape index (κ3) is 2.35. The van der Waals surface area contributed by atoms with Gasteiger partial charge in [-0.05, 0) is 35.6 Å². The van der Waals surface area contributed by atoms with Crippen LogP contribution < -0.4 is 11.2 Å². The van der Waals surface area contributed by atoms with Crippen LogP contribution in [0.1, 0.15) is 11.8 Å². The molecule has 0 fully saturated rings. The zero-order chi connectivity index (χ0) is 12.6. The Labute approximate surface area is 110 Å². The van der Waals surface area contributed by atoms with Gasteiger partial charge in [0.1, 0.15) is 6.10 Å². The molecule has 2 heterocycles. The van der Waals surface area contributed by atoms with E-state index in [2.05, 4.69) is 4.98 Å². The Bertz CT molecular complexity index is 574. The first-order valence-corrected chi connectivity index (χ1v) is 6.06. The summed E-state index contributed by atoms with van der Waals surface area (Å²) in [5, 5.41) is 9.00. The molecular weight excluding hydrogens is 339 g/mol. The Hall–Kier alpha value is -0.930. The summed E-state index contributed by atoms with van der Waals surface area (Å²) in [6.07, 6.45) is 2.22. The van der Waals surface area contributed by atoms with Crippen LogP contribution in [-0.4, -0.2) is 27.4 Å². The summed E-state index contributed by atoms with van der Waals surface area (Å²) in [4.78, 5) is 25.1. The first kappa shape index (κ1) is 12.5. The number of hydrogen-bond acceptors (Lipinski definition) is 4. The number of ether oxygens (including phenoxy) is 1. The highest BCUT2D eigenvalue weighted by molar-refractivity contribution is 14.1. The lowest BCUT2D eigenvalue weighted by Crippen LogP contribution is -2.34. The molecule has 0 spiro atoms. The minimum atomic E-state index is -0.573. The minimum Gasteiger partial charge on any atom is -0.393 e. The van der Waals surface area contributed by atoms with Crippen molar-refractivity contribution in [1.82, 2.24) is 9.55 Å². The van der Waals surface area contributed by atoms with Crippen LogP contribution in [0.4, 0.5) is 0 Å². The third-order valence-electron chi connectivity index (χ3n) is 2.46. The number of aromatic nitrogens is 2. The van der Waals surface area contributed by atoms with Crippen LogP contribution in [0.3, 0.4) is 0 Å². The third-order valence-corrected chi connectivity index (χ3v) is 3.36. The van der Waals surface area contributed by atoms with E-state index < -0.39 is 23.6 Å². The second kappa shape index (κ2) is 4.75. The van der Waals surface area contributed by atoms with Crippen molar-refractivity contribution in [2.75, 3.05) is 6.61 Å². The van der Waals surface area contributed by atoms with Crippen LogP contribution in [0, 0.1) is 6.92 Å². The van der Waals surface area contributed by atoms with Gasteiger partial charge in [0.25, 0.3) is 5.56 Å². The fraction of sp³-hybridized carbons (Fsp3) is 0.400. The fourth-order valence-corrected chi connectivity index (χ4v) is 2.43. The van der Waals surface area contributed by atoms with Gasteiger partial charge < -0.3 is 9.84 Å². The van der Waals surface area contributed by atoms with Gasteiger partial charge in [-0.3, -0.25) is 14.3 Å². The maximum atomic E-state index is 11.7. The van der Waals surface area contributed by atoms with Crippen LogP contribution in [0.25, 0.3) is 0 Å². The number of nitrogens with zero attached hydrogens (tertiary/aromatic N) is 1. The second-order valence-electron chi connectivity index (χ2n) is 3.74. The van der Waals surface area contributed by atoms with E-state index in [-0.39, 0.29) is 6.61 Å². The number of H-pyrrole nitrogens is 1.